The largest absolute Gasteiger partial charge is 0.467 e. The second-order valence-electron chi connectivity index (χ2n) is 7.04. The molecule has 8 nitrogen and oxygen atoms in total. The number of halogens is 4. The molecule has 0 aliphatic carbocycles. The third kappa shape index (κ3) is 6.34. The van der Waals surface area contributed by atoms with Crippen molar-refractivity contribution in [2.45, 2.75) is 20.0 Å². The van der Waals surface area contributed by atoms with E-state index in [1.54, 1.807) is 44.3 Å². The smallest absolute Gasteiger partial charge is 0.421 e. The molecule has 0 spiro atoms. The number of amides is 1. The van der Waals surface area contributed by atoms with E-state index >= 15 is 0 Å². The molecule has 34 heavy (non-hydrogen) atoms. The Kier molecular flexibility index (Phi) is 7.91. The van der Waals surface area contributed by atoms with Gasteiger partial charge in [0.15, 0.2) is 0 Å². The first-order chi connectivity index (χ1) is 16.1. The molecule has 2 heterocycles. The van der Waals surface area contributed by atoms with Crippen molar-refractivity contribution in [3.8, 4) is 5.88 Å². The summed E-state index contributed by atoms with van der Waals surface area (Å²) in [6.45, 7) is 6.95. The van der Waals surface area contributed by atoms with Gasteiger partial charge in [0.05, 0.1) is 17.1 Å². The molecule has 1 amide bonds. The molecule has 0 bridgehead atoms. The predicted octanol–water partition coefficient (Wildman–Crippen LogP) is 5.89. The van der Waals surface area contributed by atoms with Crippen LogP contribution in [0, 0.1) is 13.8 Å². The maximum atomic E-state index is 13.7. The highest BCUT2D eigenvalue weighted by Crippen LogP contribution is 2.37. The predicted molar refractivity (Wildman–Crippen MR) is 132 cm³/mol. The van der Waals surface area contributed by atoms with Crippen LogP contribution >= 0.6 is 22.6 Å². The number of aromatic nitrogens is 3. The monoisotopic (exact) mass is 584 g/mol. The number of nitrogens with one attached hydrogen (secondary N) is 3. The molecule has 178 valence electrons. The van der Waals surface area contributed by atoms with E-state index < -0.39 is 23.5 Å². The molecular formula is C22H20F3IN6O2. The number of aryl methyl sites for hydroxylation is 2. The van der Waals surface area contributed by atoms with Crippen molar-refractivity contribution in [3.05, 3.63) is 66.0 Å². The van der Waals surface area contributed by atoms with Crippen molar-refractivity contribution < 1.29 is 22.7 Å². The van der Waals surface area contributed by atoms with Crippen LogP contribution in [0.5, 0.6) is 5.88 Å². The Morgan fingerprint density at radius 2 is 1.88 bits per heavy atom. The number of anilines is 5. The Hall–Kier alpha value is -3.42. The van der Waals surface area contributed by atoms with Gasteiger partial charge in [0, 0.05) is 18.5 Å². The van der Waals surface area contributed by atoms with Gasteiger partial charge in [0.25, 0.3) is 0 Å². The summed E-state index contributed by atoms with van der Waals surface area (Å²) in [5.41, 5.74) is 1.45. The zero-order valence-electron chi connectivity index (χ0n) is 18.1. The van der Waals surface area contributed by atoms with E-state index in [0.717, 1.165) is 11.6 Å². The Balaban J connectivity index is 2.01. The van der Waals surface area contributed by atoms with Gasteiger partial charge in [0.1, 0.15) is 16.0 Å². The number of alkyl halides is 4. The summed E-state index contributed by atoms with van der Waals surface area (Å²) >= 11 is 2.02. The van der Waals surface area contributed by atoms with E-state index in [1.807, 2.05) is 22.6 Å². The molecule has 1 aromatic carbocycles. The SMILES string of the molecule is C=CC(=O)Nc1cc(C)ccc1Nc1nc(Nc2cc(OCI)ncc2C)ncc1C(F)(F)F. The van der Waals surface area contributed by atoms with Crippen molar-refractivity contribution in [3.63, 3.8) is 0 Å². The Morgan fingerprint density at radius 3 is 2.56 bits per heavy atom. The van der Waals surface area contributed by atoms with Gasteiger partial charge in [-0.15, -0.1) is 0 Å². The minimum absolute atomic E-state index is 0.0750. The van der Waals surface area contributed by atoms with Crippen LogP contribution in [-0.2, 0) is 11.0 Å². The summed E-state index contributed by atoms with van der Waals surface area (Å²) in [5.74, 6) is -0.727. The van der Waals surface area contributed by atoms with Crippen LogP contribution in [0.15, 0.2) is 49.3 Å². The number of benzene rings is 1. The molecule has 0 saturated carbocycles. The Labute approximate surface area is 207 Å². The van der Waals surface area contributed by atoms with E-state index in [4.69, 9.17) is 4.74 Å². The first-order valence-electron chi connectivity index (χ1n) is 9.78. The highest BCUT2D eigenvalue weighted by molar-refractivity contribution is 14.1. The molecule has 3 aromatic rings. The fourth-order valence-electron chi connectivity index (χ4n) is 2.82. The summed E-state index contributed by atoms with van der Waals surface area (Å²) in [6, 6.07) is 6.45. The van der Waals surface area contributed by atoms with Crippen LogP contribution in [0.4, 0.5) is 42.0 Å². The van der Waals surface area contributed by atoms with E-state index in [9.17, 15) is 18.0 Å². The standard InChI is InChI=1S/C22H20F3IN6O2/c1-4-18(33)29-17-7-12(2)5-6-15(17)30-20-14(22(23,24)25)10-28-21(32-20)31-16-8-19(34-11-26)27-9-13(16)3/h4-10H,1,11H2,2-3H3,(H,29,33)(H2,27,28,30,31,32). The van der Waals surface area contributed by atoms with Crippen molar-refractivity contribution in [1.29, 1.82) is 0 Å². The summed E-state index contributed by atoms with van der Waals surface area (Å²) in [5, 5.41) is 8.16. The molecule has 0 radical (unpaired) electrons. The summed E-state index contributed by atoms with van der Waals surface area (Å²) in [7, 11) is 0. The van der Waals surface area contributed by atoms with Crippen molar-refractivity contribution in [2.75, 3.05) is 20.6 Å². The quantitative estimate of drug-likeness (QED) is 0.173. The molecule has 0 fully saturated rings. The first-order valence-corrected chi connectivity index (χ1v) is 11.3. The number of carbonyl (C=O) groups excluding carboxylic acids is 1. The maximum Gasteiger partial charge on any atom is 0.421 e. The van der Waals surface area contributed by atoms with Crippen LogP contribution < -0.4 is 20.7 Å². The minimum Gasteiger partial charge on any atom is -0.467 e. The van der Waals surface area contributed by atoms with Gasteiger partial charge in [-0.1, -0.05) is 12.6 Å². The molecular weight excluding hydrogens is 564 g/mol. The molecule has 3 N–H and O–H groups in total. The van der Waals surface area contributed by atoms with Crippen LogP contribution in [0.1, 0.15) is 16.7 Å². The van der Waals surface area contributed by atoms with Crippen molar-refractivity contribution in [2.24, 2.45) is 0 Å². The summed E-state index contributed by atoms with van der Waals surface area (Å²) < 4.78 is 46.8. The van der Waals surface area contributed by atoms with E-state index in [-0.39, 0.29) is 17.3 Å². The highest BCUT2D eigenvalue weighted by Gasteiger charge is 2.35. The van der Waals surface area contributed by atoms with Crippen molar-refractivity contribution >= 4 is 57.3 Å². The molecule has 0 aliphatic heterocycles. The van der Waals surface area contributed by atoms with Gasteiger partial charge in [0.2, 0.25) is 17.7 Å². The molecule has 3 rings (SSSR count). The van der Waals surface area contributed by atoms with Crippen molar-refractivity contribution in [1.82, 2.24) is 15.0 Å². The lowest BCUT2D eigenvalue weighted by Gasteiger charge is -2.17. The van der Waals surface area contributed by atoms with E-state index in [1.165, 1.54) is 0 Å². The second kappa shape index (κ2) is 10.7. The third-order valence-corrected chi connectivity index (χ3v) is 4.80. The number of hydrogen-bond donors (Lipinski definition) is 3. The normalized spacial score (nSPS) is 11.0. The molecule has 2 aromatic heterocycles. The van der Waals surface area contributed by atoms with Crippen LogP contribution in [0.2, 0.25) is 0 Å². The fraction of sp³-hybridized carbons (Fsp3) is 0.182. The molecule has 0 aliphatic rings. The van der Waals surface area contributed by atoms with Crippen LogP contribution in [-0.4, -0.2) is 25.5 Å². The third-order valence-electron chi connectivity index (χ3n) is 4.49. The molecule has 0 atom stereocenters. The molecule has 0 unspecified atom stereocenters. The number of ether oxygens (including phenoxy) is 1. The van der Waals surface area contributed by atoms with Gasteiger partial charge >= 0.3 is 6.18 Å². The van der Waals surface area contributed by atoms with Gasteiger partial charge in [-0.2, -0.15) is 18.2 Å². The average molecular weight is 584 g/mol. The number of nitrogens with zero attached hydrogens (tertiary/aromatic N) is 3. The van der Waals surface area contributed by atoms with Gasteiger partial charge in [-0.05, 0) is 65.8 Å². The number of pyridine rings is 1. The topological polar surface area (TPSA) is 101 Å². The van der Waals surface area contributed by atoms with Crippen LogP contribution in [0.3, 0.4) is 0 Å². The zero-order valence-corrected chi connectivity index (χ0v) is 20.3. The Morgan fingerprint density at radius 1 is 1.12 bits per heavy atom. The lowest BCUT2D eigenvalue weighted by atomic mass is 10.1. The summed E-state index contributed by atoms with van der Waals surface area (Å²) in [6.07, 6.45) is -1.41. The lowest BCUT2D eigenvalue weighted by molar-refractivity contribution is -0.137. The number of carbonyl (C=O) groups is 1. The average Bonchev–Trinajstić information content (AvgIpc) is 2.77. The van der Waals surface area contributed by atoms with Gasteiger partial charge in [-0.25, -0.2) is 9.97 Å². The molecule has 12 heteroatoms. The maximum absolute atomic E-state index is 13.7. The van der Waals surface area contributed by atoms with Gasteiger partial charge < -0.3 is 20.7 Å². The van der Waals surface area contributed by atoms with E-state index in [2.05, 4.69) is 37.5 Å². The number of rotatable bonds is 8. The zero-order chi connectivity index (χ0) is 24.9. The molecule has 0 saturated heterocycles. The Bertz CT molecular complexity index is 1220. The number of hydrogen-bond acceptors (Lipinski definition) is 7. The fourth-order valence-corrected chi connectivity index (χ4v) is 3.14. The second-order valence-corrected chi connectivity index (χ2v) is 7.66. The first kappa shape index (κ1) is 25.2. The van der Waals surface area contributed by atoms with Crippen LogP contribution in [0.25, 0.3) is 0 Å². The van der Waals surface area contributed by atoms with Gasteiger partial charge in [-0.3, -0.25) is 4.79 Å². The minimum atomic E-state index is -4.72. The summed E-state index contributed by atoms with van der Waals surface area (Å²) in [4.78, 5) is 23.8. The highest BCUT2D eigenvalue weighted by atomic mass is 127. The van der Waals surface area contributed by atoms with E-state index in [0.29, 0.717) is 27.9 Å². The lowest BCUT2D eigenvalue weighted by Crippen LogP contribution is -2.14.